The van der Waals surface area contributed by atoms with E-state index >= 15 is 0 Å². The monoisotopic (exact) mass is 444 g/mol. The highest BCUT2D eigenvalue weighted by Crippen LogP contribution is 2.33. The maximum atomic E-state index is 14.3. The number of rotatable bonds is 4. The minimum absolute atomic E-state index is 0.112. The number of alkyl halides is 3. The molecule has 1 aliphatic heterocycles. The van der Waals surface area contributed by atoms with Crippen LogP contribution in [0.1, 0.15) is 18.1 Å². The van der Waals surface area contributed by atoms with Crippen LogP contribution in [0.4, 0.5) is 23.2 Å². The zero-order chi connectivity index (χ0) is 22.3. The van der Waals surface area contributed by atoms with Crippen LogP contribution in [0.15, 0.2) is 42.5 Å². The molecular weight excluding hydrogens is 428 g/mol. The van der Waals surface area contributed by atoms with Crippen LogP contribution in [0, 0.1) is 5.82 Å². The van der Waals surface area contributed by atoms with E-state index in [1.54, 1.807) is 0 Å². The van der Waals surface area contributed by atoms with Gasteiger partial charge in [-0.15, -0.1) is 0 Å². The van der Waals surface area contributed by atoms with Gasteiger partial charge >= 0.3 is 6.18 Å². The van der Waals surface area contributed by atoms with E-state index in [2.05, 4.69) is 0 Å². The molecule has 1 unspecified atom stereocenters. The van der Waals surface area contributed by atoms with Crippen LogP contribution in [0.5, 0.6) is 0 Å². The second-order valence-electron chi connectivity index (χ2n) is 7.09. The molecule has 1 fully saturated rings. The summed E-state index contributed by atoms with van der Waals surface area (Å²) in [5, 5.41) is 10.0. The average Bonchev–Trinajstić information content (AvgIpc) is 2.68. The Morgan fingerprint density at radius 2 is 1.77 bits per heavy atom. The first-order chi connectivity index (χ1) is 14.0. The molecule has 0 spiro atoms. The van der Waals surface area contributed by atoms with Gasteiger partial charge in [0.1, 0.15) is 17.9 Å². The van der Waals surface area contributed by atoms with Gasteiger partial charge in [-0.05, 0) is 42.8 Å². The number of carbonyl (C=O) groups is 2. The van der Waals surface area contributed by atoms with E-state index in [0.29, 0.717) is 5.56 Å². The summed E-state index contributed by atoms with van der Waals surface area (Å²) in [6, 6.07) is 7.76. The lowest BCUT2D eigenvalue weighted by atomic mass is 9.94. The largest absolute Gasteiger partial charge is 0.416 e. The van der Waals surface area contributed by atoms with Crippen LogP contribution in [0.2, 0.25) is 5.02 Å². The van der Waals surface area contributed by atoms with Crippen LogP contribution >= 0.6 is 11.6 Å². The molecule has 3 rings (SSSR count). The smallest absolute Gasteiger partial charge is 0.393 e. The van der Waals surface area contributed by atoms with Crippen molar-refractivity contribution < 1.29 is 32.3 Å². The van der Waals surface area contributed by atoms with Crippen molar-refractivity contribution in [1.82, 2.24) is 4.90 Å². The van der Waals surface area contributed by atoms with Crippen molar-refractivity contribution in [2.24, 2.45) is 0 Å². The highest BCUT2D eigenvalue weighted by atomic mass is 35.5. The molecule has 1 N–H and O–H groups in total. The molecule has 1 saturated heterocycles. The first-order valence-electron chi connectivity index (χ1n) is 8.82. The van der Waals surface area contributed by atoms with Gasteiger partial charge in [0.2, 0.25) is 5.91 Å². The second-order valence-corrected chi connectivity index (χ2v) is 7.53. The van der Waals surface area contributed by atoms with Gasteiger partial charge in [-0.1, -0.05) is 23.7 Å². The lowest BCUT2D eigenvalue weighted by Gasteiger charge is -2.46. The number of hydrogen-bond donors (Lipinski definition) is 1. The fourth-order valence-electron chi connectivity index (χ4n) is 3.27. The van der Waals surface area contributed by atoms with Crippen molar-refractivity contribution in [1.29, 1.82) is 0 Å². The molecule has 0 bridgehead atoms. The normalized spacial score (nSPS) is 20.1. The molecule has 2 aromatic rings. The van der Waals surface area contributed by atoms with Crippen molar-refractivity contribution in [2.45, 2.75) is 25.2 Å². The van der Waals surface area contributed by atoms with Crippen LogP contribution in [-0.4, -0.2) is 40.5 Å². The molecule has 30 heavy (non-hydrogen) atoms. The summed E-state index contributed by atoms with van der Waals surface area (Å²) in [5.41, 5.74) is -2.40. The number of anilines is 1. The quantitative estimate of drug-likeness (QED) is 0.733. The fourth-order valence-corrected chi connectivity index (χ4v) is 3.42. The SMILES string of the molecule is CC1(CO)C(=O)N(c2ccc(Cl)cc2F)CC(=O)N1Cc1ccc(C(F)(F)F)cc1. The van der Waals surface area contributed by atoms with E-state index in [9.17, 15) is 32.3 Å². The van der Waals surface area contributed by atoms with E-state index in [1.807, 2.05) is 0 Å². The van der Waals surface area contributed by atoms with Gasteiger partial charge < -0.3 is 10.0 Å². The molecule has 2 aromatic carbocycles. The number of amides is 2. The Bertz CT molecular complexity index is 981. The number of halogens is 5. The van der Waals surface area contributed by atoms with Crippen LogP contribution in [0.3, 0.4) is 0 Å². The Hall–Kier alpha value is -2.65. The van der Waals surface area contributed by atoms with Gasteiger partial charge in [-0.25, -0.2) is 4.39 Å². The van der Waals surface area contributed by atoms with E-state index in [0.717, 1.165) is 28.0 Å². The lowest BCUT2D eigenvalue weighted by molar-refractivity contribution is -0.153. The standard InChI is InChI=1S/C20H17ClF4N2O3/c1-19(11-28)18(30)26(16-7-6-14(21)8-15(16)22)10-17(29)27(19)9-12-2-4-13(5-3-12)20(23,24)25/h2-8,28H,9-11H2,1H3. The summed E-state index contributed by atoms with van der Waals surface area (Å²) in [4.78, 5) is 27.9. The Morgan fingerprint density at radius 3 is 2.30 bits per heavy atom. The van der Waals surface area contributed by atoms with Crippen molar-refractivity contribution in [3.05, 3.63) is 64.4 Å². The third kappa shape index (κ3) is 3.99. The molecule has 10 heteroatoms. The predicted octanol–water partition coefficient (Wildman–Crippen LogP) is 3.62. The summed E-state index contributed by atoms with van der Waals surface area (Å²) in [6.07, 6.45) is -4.50. The zero-order valence-corrected chi connectivity index (χ0v) is 16.5. The summed E-state index contributed by atoms with van der Waals surface area (Å²) in [7, 11) is 0. The number of aliphatic hydroxyl groups excluding tert-OH is 1. The molecule has 5 nitrogen and oxygen atoms in total. The van der Waals surface area contributed by atoms with Gasteiger partial charge in [0.15, 0.2) is 0 Å². The van der Waals surface area contributed by atoms with E-state index in [-0.39, 0.29) is 17.3 Å². The molecule has 0 radical (unpaired) electrons. The fraction of sp³-hybridized carbons (Fsp3) is 0.300. The number of piperazine rings is 1. The highest BCUT2D eigenvalue weighted by molar-refractivity contribution is 6.30. The Kier molecular flexibility index (Phi) is 5.79. The minimum atomic E-state index is -4.50. The number of nitrogens with zero attached hydrogens (tertiary/aromatic N) is 2. The van der Waals surface area contributed by atoms with Crippen molar-refractivity contribution in [3.8, 4) is 0 Å². The van der Waals surface area contributed by atoms with Gasteiger partial charge in [0, 0.05) is 11.6 Å². The third-order valence-corrected chi connectivity index (χ3v) is 5.26. The first kappa shape index (κ1) is 22.0. The first-order valence-corrected chi connectivity index (χ1v) is 9.19. The number of benzene rings is 2. The van der Waals surface area contributed by atoms with Gasteiger partial charge in [-0.3, -0.25) is 14.5 Å². The third-order valence-electron chi connectivity index (χ3n) is 5.03. The molecule has 1 atom stereocenters. The molecule has 1 heterocycles. The number of carbonyl (C=O) groups excluding carboxylic acids is 2. The Labute approximate surface area is 174 Å². The Morgan fingerprint density at radius 1 is 1.13 bits per heavy atom. The Balaban J connectivity index is 1.90. The van der Waals surface area contributed by atoms with Crippen molar-refractivity contribution in [3.63, 3.8) is 0 Å². The second kappa shape index (κ2) is 7.88. The van der Waals surface area contributed by atoms with Crippen LogP contribution in [-0.2, 0) is 22.3 Å². The van der Waals surface area contributed by atoms with E-state index in [1.165, 1.54) is 31.2 Å². The minimum Gasteiger partial charge on any atom is -0.393 e. The lowest BCUT2D eigenvalue weighted by Crippen LogP contribution is -2.68. The summed E-state index contributed by atoms with van der Waals surface area (Å²) >= 11 is 5.73. The van der Waals surface area contributed by atoms with Gasteiger partial charge in [0.25, 0.3) is 5.91 Å². The van der Waals surface area contributed by atoms with E-state index < -0.39 is 48.1 Å². The van der Waals surface area contributed by atoms with Gasteiger partial charge in [0.05, 0.1) is 17.9 Å². The van der Waals surface area contributed by atoms with Crippen molar-refractivity contribution in [2.75, 3.05) is 18.1 Å². The molecule has 1 aliphatic rings. The van der Waals surface area contributed by atoms with Gasteiger partial charge in [-0.2, -0.15) is 13.2 Å². The summed E-state index contributed by atoms with van der Waals surface area (Å²) < 4.78 is 52.5. The van der Waals surface area contributed by atoms with Crippen LogP contribution in [0.25, 0.3) is 0 Å². The van der Waals surface area contributed by atoms with Crippen molar-refractivity contribution >= 4 is 29.1 Å². The molecule has 0 aliphatic carbocycles. The predicted molar refractivity (Wildman–Crippen MR) is 101 cm³/mol. The number of aliphatic hydroxyl groups is 1. The molecule has 160 valence electrons. The maximum Gasteiger partial charge on any atom is 0.416 e. The maximum absolute atomic E-state index is 14.3. The summed E-state index contributed by atoms with van der Waals surface area (Å²) in [5.74, 6) is -2.13. The number of hydrogen-bond acceptors (Lipinski definition) is 3. The molecule has 2 amide bonds. The highest BCUT2D eigenvalue weighted by Gasteiger charge is 2.49. The summed E-state index contributed by atoms with van der Waals surface area (Å²) in [6.45, 7) is -0.133. The zero-order valence-electron chi connectivity index (χ0n) is 15.7. The molecular formula is C20H17ClF4N2O3. The van der Waals surface area contributed by atoms with Crippen LogP contribution < -0.4 is 4.90 Å². The average molecular weight is 445 g/mol. The topological polar surface area (TPSA) is 60.9 Å². The van der Waals surface area contributed by atoms with E-state index in [4.69, 9.17) is 11.6 Å². The molecule has 0 saturated carbocycles. The molecule has 0 aromatic heterocycles.